The van der Waals surface area contributed by atoms with Crippen molar-refractivity contribution in [2.75, 3.05) is 0 Å². The lowest BCUT2D eigenvalue weighted by molar-refractivity contribution is -0.307. The van der Waals surface area contributed by atoms with Gasteiger partial charge in [-0.1, -0.05) is 13.3 Å². The number of hydrogen-bond donors (Lipinski definition) is 1. The summed E-state index contributed by atoms with van der Waals surface area (Å²) in [6, 6.07) is -0.245. The van der Waals surface area contributed by atoms with Crippen molar-refractivity contribution in [1.82, 2.24) is 0 Å². The Hall–Kier alpha value is -0.390. The zero-order valence-corrected chi connectivity index (χ0v) is 9.03. The Morgan fingerprint density at radius 2 is 1.69 bits per heavy atom. The maximum atomic E-state index is 13.1. The lowest BCUT2D eigenvalue weighted by atomic mass is 9.74. The second kappa shape index (κ2) is 4.47. The normalized spacial score (nSPS) is 32.8. The maximum Gasteiger partial charge on any atom is 0.453 e. The molecular formula is C10H16F5N. The number of nitrogens with two attached hydrogens (primary N) is 1. The van der Waals surface area contributed by atoms with Gasteiger partial charge < -0.3 is 5.73 Å². The molecule has 1 saturated carbocycles. The summed E-state index contributed by atoms with van der Waals surface area (Å²) in [6.45, 7) is 1.76. The van der Waals surface area contributed by atoms with Gasteiger partial charge in [-0.05, 0) is 25.2 Å². The van der Waals surface area contributed by atoms with Crippen LogP contribution in [0.2, 0.25) is 0 Å². The van der Waals surface area contributed by atoms with Crippen LogP contribution in [0.1, 0.15) is 32.6 Å². The first-order valence-corrected chi connectivity index (χ1v) is 5.40. The lowest BCUT2D eigenvalue weighted by Crippen LogP contribution is -2.48. The second-order valence-corrected chi connectivity index (χ2v) is 4.46. The van der Waals surface area contributed by atoms with E-state index in [1.807, 2.05) is 0 Å². The van der Waals surface area contributed by atoms with Crippen LogP contribution in [0.4, 0.5) is 22.0 Å². The first-order chi connectivity index (χ1) is 7.20. The highest BCUT2D eigenvalue weighted by atomic mass is 19.4. The summed E-state index contributed by atoms with van der Waals surface area (Å²) in [7, 11) is 0. The molecule has 0 saturated heterocycles. The first kappa shape index (κ1) is 13.7. The van der Waals surface area contributed by atoms with Crippen molar-refractivity contribution in [3.05, 3.63) is 0 Å². The molecule has 1 rings (SSSR count). The highest BCUT2D eigenvalue weighted by molar-refractivity contribution is 4.91. The highest BCUT2D eigenvalue weighted by Gasteiger charge is 2.62. The van der Waals surface area contributed by atoms with Gasteiger partial charge in [0.2, 0.25) is 0 Å². The standard InChI is InChI=1S/C10H16F5N/c1-2-6-5-7(3-4-8(6)16)9(11,12)10(13,14)15/h6-8H,2-5,16H2,1H3. The zero-order valence-electron chi connectivity index (χ0n) is 9.03. The zero-order chi connectivity index (χ0) is 12.6. The summed E-state index contributed by atoms with van der Waals surface area (Å²) in [5.74, 6) is -6.43. The lowest BCUT2D eigenvalue weighted by Gasteiger charge is -2.37. The molecule has 0 aromatic carbocycles. The smallest absolute Gasteiger partial charge is 0.327 e. The van der Waals surface area contributed by atoms with Crippen LogP contribution in [0, 0.1) is 11.8 Å². The van der Waals surface area contributed by atoms with E-state index in [0.29, 0.717) is 6.42 Å². The SMILES string of the molecule is CCC1CC(C(F)(F)C(F)(F)F)CCC1N. The average Bonchev–Trinajstić information content (AvgIpc) is 2.16. The van der Waals surface area contributed by atoms with Crippen molar-refractivity contribution >= 4 is 0 Å². The van der Waals surface area contributed by atoms with Gasteiger partial charge in [0, 0.05) is 12.0 Å². The molecule has 0 heterocycles. The van der Waals surface area contributed by atoms with Gasteiger partial charge >= 0.3 is 12.1 Å². The molecule has 3 atom stereocenters. The molecule has 1 aliphatic carbocycles. The Kier molecular flexibility index (Phi) is 3.82. The molecular weight excluding hydrogens is 229 g/mol. The minimum absolute atomic E-state index is 0.135. The third-order valence-corrected chi connectivity index (χ3v) is 3.46. The molecule has 1 nitrogen and oxygen atoms in total. The van der Waals surface area contributed by atoms with Gasteiger partial charge in [0.05, 0.1) is 0 Å². The fourth-order valence-corrected chi connectivity index (χ4v) is 2.32. The van der Waals surface area contributed by atoms with Crippen LogP contribution >= 0.6 is 0 Å². The van der Waals surface area contributed by atoms with Crippen molar-refractivity contribution in [3.63, 3.8) is 0 Å². The van der Waals surface area contributed by atoms with Gasteiger partial charge in [-0.15, -0.1) is 0 Å². The van der Waals surface area contributed by atoms with E-state index in [0.717, 1.165) is 0 Å². The Labute approximate surface area is 91.2 Å². The molecule has 2 N–H and O–H groups in total. The summed E-state index contributed by atoms with van der Waals surface area (Å²) in [6.07, 6.45) is -4.94. The number of alkyl halides is 5. The van der Waals surface area contributed by atoms with E-state index in [9.17, 15) is 22.0 Å². The Morgan fingerprint density at radius 1 is 1.12 bits per heavy atom. The van der Waals surface area contributed by atoms with Crippen molar-refractivity contribution in [3.8, 4) is 0 Å². The van der Waals surface area contributed by atoms with Gasteiger partial charge in [-0.2, -0.15) is 22.0 Å². The summed E-state index contributed by atoms with van der Waals surface area (Å²) < 4.78 is 62.7. The van der Waals surface area contributed by atoms with Crippen molar-refractivity contribution in [2.45, 2.75) is 50.7 Å². The third kappa shape index (κ3) is 2.47. The largest absolute Gasteiger partial charge is 0.453 e. The van der Waals surface area contributed by atoms with E-state index in [-0.39, 0.29) is 31.2 Å². The molecule has 16 heavy (non-hydrogen) atoms. The molecule has 0 aromatic rings. The molecule has 0 aliphatic heterocycles. The Balaban J connectivity index is 2.75. The van der Waals surface area contributed by atoms with E-state index in [1.165, 1.54) is 0 Å². The minimum atomic E-state index is -5.45. The second-order valence-electron chi connectivity index (χ2n) is 4.46. The van der Waals surface area contributed by atoms with Crippen LogP contribution in [0.25, 0.3) is 0 Å². The number of rotatable bonds is 2. The molecule has 0 amide bonds. The van der Waals surface area contributed by atoms with E-state index in [2.05, 4.69) is 0 Å². The van der Waals surface area contributed by atoms with Gasteiger partial charge in [0.25, 0.3) is 0 Å². The fraction of sp³-hybridized carbons (Fsp3) is 1.00. The van der Waals surface area contributed by atoms with Crippen LogP contribution in [-0.2, 0) is 0 Å². The molecule has 0 radical (unpaired) electrons. The van der Waals surface area contributed by atoms with Crippen molar-refractivity contribution < 1.29 is 22.0 Å². The summed E-state index contributed by atoms with van der Waals surface area (Å²) in [5, 5.41) is 0. The fourth-order valence-electron chi connectivity index (χ4n) is 2.32. The topological polar surface area (TPSA) is 26.0 Å². The highest BCUT2D eigenvalue weighted by Crippen LogP contribution is 2.47. The van der Waals surface area contributed by atoms with Crippen molar-refractivity contribution in [1.29, 1.82) is 0 Å². The van der Waals surface area contributed by atoms with Crippen LogP contribution in [0.15, 0.2) is 0 Å². The predicted molar refractivity (Wildman–Crippen MR) is 50.1 cm³/mol. The molecule has 1 aliphatic rings. The van der Waals surface area contributed by atoms with Crippen LogP contribution in [0.5, 0.6) is 0 Å². The quantitative estimate of drug-likeness (QED) is 0.742. The number of hydrogen-bond acceptors (Lipinski definition) is 1. The average molecular weight is 245 g/mol. The molecule has 0 aromatic heterocycles. The van der Waals surface area contributed by atoms with Gasteiger partial charge in [-0.3, -0.25) is 0 Å². The van der Waals surface area contributed by atoms with Gasteiger partial charge in [0.15, 0.2) is 0 Å². The molecule has 0 bridgehead atoms. The molecule has 96 valence electrons. The summed E-state index contributed by atoms with van der Waals surface area (Å²) >= 11 is 0. The van der Waals surface area contributed by atoms with Crippen LogP contribution in [-0.4, -0.2) is 18.1 Å². The van der Waals surface area contributed by atoms with E-state index >= 15 is 0 Å². The molecule has 1 fully saturated rings. The minimum Gasteiger partial charge on any atom is -0.327 e. The molecule has 6 heteroatoms. The van der Waals surface area contributed by atoms with Gasteiger partial charge in [-0.25, -0.2) is 0 Å². The Morgan fingerprint density at radius 3 is 2.12 bits per heavy atom. The number of halogens is 5. The molecule has 3 unspecified atom stereocenters. The summed E-state index contributed by atoms with van der Waals surface area (Å²) in [5.41, 5.74) is 5.68. The van der Waals surface area contributed by atoms with Crippen LogP contribution in [0.3, 0.4) is 0 Å². The van der Waals surface area contributed by atoms with E-state index in [1.54, 1.807) is 6.92 Å². The monoisotopic (exact) mass is 245 g/mol. The van der Waals surface area contributed by atoms with Gasteiger partial charge in [0.1, 0.15) is 0 Å². The predicted octanol–water partition coefficient (Wildman–Crippen LogP) is 3.34. The van der Waals surface area contributed by atoms with Crippen molar-refractivity contribution in [2.24, 2.45) is 17.6 Å². The Bertz CT molecular complexity index is 238. The van der Waals surface area contributed by atoms with E-state index in [4.69, 9.17) is 5.73 Å². The first-order valence-electron chi connectivity index (χ1n) is 5.40. The maximum absolute atomic E-state index is 13.1. The summed E-state index contributed by atoms with van der Waals surface area (Å²) in [4.78, 5) is 0. The van der Waals surface area contributed by atoms with E-state index < -0.39 is 18.0 Å². The third-order valence-electron chi connectivity index (χ3n) is 3.46. The van der Waals surface area contributed by atoms with Crippen LogP contribution < -0.4 is 5.73 Å². The molecule has 0 spiro atoms.